The monoisotopic (exact) mass is 464 g/mol. The van der Waals surface area contributed by atoms with Crippen LogP contribution in [0.15, 0.2) is 42.5 Å². The van der Waals surface area contributed by atoms with Crippen LogP contribution in [-0.4, -0.2) is 40.9 Å². The van der Waals surface area contributed by atoms with E-state index in [-0.39, 0.29) is 53.6 Å². The molecular weight excluding hydrogens is 442 g/mol. The number of anilines is 2. The van der Waals surface area contributed by atoms with Gasteiger partial charge in [-0.25, -0.2) is 18.7 Å². The summed E-state index contributed by atoms with van der Waals surface area (Å²) in [4.78, 5) is 33.1. The number of aromatic nitrogens is 2. The van der Waals surface area contributed by atoms with Crippen LogP contribution >= 0.6 is 0 Å². The summed E-state index contributed by atoms with van der Waals surface area (Å²) in [7, 11) is 0. The van der Waals surface area contributed by atoms with Gasteiger partial charge in [-0.05, 0) is 42.8 Å². The molecule has 3 heterocycles. The minimum atomic E-state index is -0.792. The van der Waals surface area contributed by atoms with E-state index >= 15 is 0 Å². The number of benzene rings is 2. The number of hydrogen-bond acceptors (Lipinski definition) is 6. The van der Waals surface area contributed by atoms with Crippen molar-refractivity contribution in [1.29, 1.82) is 0 Å². The smallest absolute Gasteiger partial charge is 0.257 e. The molecule has 1 atom stereocenters. The predicted octanol–water partition coefficient (Wildman–Crippen LogP) is 2.43. The van der Waals surface area contributed by atoms with Gasteiger partial charge in [0.2, 0.25) is 5.91 Å². The van der Waals surface area contributed by atoms with Crippen molar-refractivity contribution in [3.05, 3.63) is 70.9 Å². The summed E-state index contributed by atoms with van der Waals surface area (Å²) in [5.41, 5.74) is 1.66. The second kappa shape index (κ2) is 9.14. The highest BCUT2D eigenvalue weighted by Gasteiger charge is 2.28. The maximum atomic E-state index is 14.3. The normalized spacial score (nSPS) is 16.8. The van der Waals surface area contributed by atoms with Gasteiger partial charge in [-0.2, -0.15) is 0 Å². The van der Waals surface area contributed by atoms with Gasteiger partial charge in [0.1, 0.15) is 23.0 Å². The van der Waals surface area contributed by atoms with E-state index in [4.69, 9.17) is 0 Å². The zero-order valence-corrected chi connectivity index (χ0v) is 18.1. The van der Waals surface area contributed by atoms with Crippen LogP contribution in [-0.2, 0) is 17.8 Å². The summed E-state index contributed by atoms with van der Waals surface area (Å²) in [6.45, 7) is 1.82. The van der Waals surface area contributed by atoms with Crippen LogP contribution in [0.5, 0.6) is 0 Å². The van der Waals surface area contributed by atoms with Crippen LogP contribution in [0.4, 0.5) is 20.3 Å². The maximum absolute atomic E-state index is 14.3. The third kappa shape index (κ3) is 4.44. The van der Waals surface area contributed by atoms with Gasteiger partial charge >= 0.3 is 0 Å². The molecule has 0 unspecified atom stereocenters. The summed E-state index contributed by atoms with van der Waals surface area (Å²) < 4.78 is 28.7. The van der Waals surface area contributed by atoms with Crippen LogP contribution < -0.4 is 21.3 Å². The molecule has 0 aliphatic carbocycles. The molecule has 3 aromatic rings. The average molecular weight is 464 g/mol. The van der Waals surface area contributed by atoms with E-state index in [0.717, 1.165) is 37.2 Å². The molecule has 0 radical (unpaired) electrons. The topological polar surface area (TPSA) is 108 Å². The van der Waals surface area contributed by atoms with Crippen LogP contribution in [0.3, 0.4) is 0 Å². The van der Waals surface area contributed by atoms with Crippen molar-refractivity contribution in [1.82, 2.24) is 25.9 Å². The Bertz CT molecular complexity index is 1240. The lowest BCUT2D eigenvalue weighted by Crippen LogP contribution is -2.37. The van der Waals surface area contributed by atoms with Crippen molar-refractivity contribution in [3.8, 4) is 11.4 Å². The number of halogens is 2. The molecule has 2 amide bonds. The Labute approximate surface area is 194 Å². The Morgan fingerprint density at radius 3 is 2.53 bits per heavy atom. The summed E-state index contributed by atoms with van der Waals surface area (Å²) in [5, 5.41) is 11.9. The lowest BCUT2D eigenvalue weighted by Gasteiger charge is -2.13. The Balaban J connectivity index is 1.38. The number of carbonyl (C=O) groups is 2. The first-order chi connectivity index (χ1) is 16.5. The quantitative estimate of drug-likeness (QED) is 0.446. The molecule has 0 saturated carbocycles. The van der Waals surface area contributed by atoms with Gasteiger partial charge in [0.05, 0.1) is 24.2 Å². The van der Waals surface area contributed by atoms with Crippen molar-refractivity contribution >= 4 is 23.3 Å². The van der Waals surface area contributed by atoms with E-state index in [9.17, 15) is 18.4 Å². The van der Waals surface area contributed by atoms with Gasteiger partial charge in [0.25, 0.3) is 5.91 Å². The summed E-state index contributed by atoms with van der Waals surface area (Å²) in [6.07, 6.45) is 1.17. The minimum Gasteiger partial charge on any atom is -0.352 e. The molecule has 10 heteroatoms. The van der Waals surface area contributed by atoms with Crippen molar-refractivity contribution in [3.63, 3.8) is 0 Å². The molecule has 0 bridgehead atoms. The van der Waals surface area contributed by atoms with E-state index in [1.807, 2.05) is 0 Å². The second-order valence-corrected chi connectivity index (χ2v) is 8.25. The third-order valence-corrected chi connectivity index (χ3v) is 5.82. The Kier molecular flexibility index (Phi) is 5.89. The molecule has 8 nitrogen and oxygen atoms in total. The first kappa shape index (κ1) is 21.9. The summed E-state index contributed by atoms with van der Waals surface area (Å²) in [6, 6.07) is 10.8. The zero-order valence-electron chi connectivity index (χ0n) is 18.1. The highest BCUT2D eigenvalue weighted by Crippen LogP contribution is 2.30. The number of carbonyl (C=O) groups excluding carboxylic acids is 2. The van der Waals surface area contributed by atoms with Gasteiger partial charge in [-0.15, -0.1) is 0 Å². The van der Waals surface area contributed by atoms with Crippen LogP contribution in [0.2, 0.25) is 0 Å². The molecule has 5 rings (SSSR count). The summed E-state index contributed by atoms with van der Waals surface area (Å²) >= 11 is 0. The first-order valence-electron chi connectivity index (χ1n) is 11.0. The van der Waals surface area contributed by atoms with E-state index in [0.29, 0.717) is 11.4 Å². The predicted molar refractivity (Wildman–Crippen MR) is 121 cm³/mol. The number of amides is 2. The molecule has 34 heavy (non-hydrogen) atoms. The van der Waals surface area contributed by atoms with E-state index in [1.54, 1.807) is 24.3 Å². The van der Waals surface area contributed by atoms with Crippen LogP contribution in [0, 0.1) is 11.6 Å². The van der Waals surface area contributed by atoms with Crippen molar-refractivity contribution < 1.29 is 18.4 Å². The van der Waals surface area contributed by atoms with Crippen molar-refractivity contribution in [2.45, 2.75) is 25.4 Å². The maximum Gasteiger partial charge on any atom is 0.257 e. The van der Waals surface area contributed by atoms with Crippen LogP contribution in [0.25, 0.3) is 11.4 Å². The fraction of sp³-hybridized carbons (Fsp3) is 0.250. The first-order valence-corrected chi connectivity index (χ1v) is 11.0. The van der Waals surface area contributed by atoms with Gasteiger partial charge in [-0.1, -0.05) is 18.2 Å². The zero-order chi connectivity index (χ0) is 23.7. The third-order valence-electron chi connectivity index (χ3n) is 5.82. The lowest BCUT2D eigenvalue weighted by atomic mass is 10.1. The largest absolute Gasteiger partial charge is 0.352 e. The molecule has 174 valence electrons. The fourth-order valence-corrected chi connectivity index (χ4v) is 4.12. The van der Waals surface area contributed by atoms with Crippen molar-refractivity contribution in [2.75, 3.05) is 18.4 Å². The molecule has 0 spiro atoms. The number of nitrogens with one attached hydrogen (secondary N) is 4. The van der Waals surface area contributed by atoms with E-state index in [1.165, 1.54) is 6.07 Å². The van der Waals surface area contributed by atoms with Gasteiger partial charge in [-0.3, -0.25) is 9.59 Å². The molecule has 2 aliphatic heterocycles. The van der Waals surface area contributed by atoms with Gasteiger partial charge in [0, 0.05) is 18.3 Å². The number of rotatable bonds is 6. The Morgan fingerprint density at radius 2 is 1.82 bits per heavy atom. The minimum absolute atomic E-state index is 0.0451. The second-order valence-electron chi connectivity index (χ2n) is 8.25. The number of hydrogen-bond donors (Lipinski definition) is 4. The van der Waals surface area contributed by atoms with Gasteiger partial charge in [0.15, 0.2) is 5.82 Å². The fourth-order valence-electron chi connectivity index (χ4n) is 4.12. The van der Waals surface area contributed by atoms with E-state index < -0.39 is 11.6 Å². The highest BCUT2D eigenvalue weighted by atomic mass is 19.1. The Hall–Kier alpha value is -3.92. The molecule has 1 saturated heterocycles. The number of nitrogens with zero attached hydrogens (tertiary/aromatic N) is 2. The summed E-state index contributed by atoms with van der Waals surface area (Å²) in [5.74, 6) is -2.00. The molecule has 1 fully saturated rings. The SMILES string of the molecule is O=C(Cc1ccc(Nc2nc(-c3c(F)cccc3F)nc3c2C(=O)NC3)cc1)N[C@@H]1CCNC1. The number of fused-ring (bicyclic) bond motifs is 1. The van der Waals surface area contributed by atoms with Gasteiger partial charge < -0.3 is 21.3 Å². The highest BCUT2D eigenvalue weighted by molar-refractivity contribution is 6.03. The molecular formula is C24H22F2N6O2. The molecule has 2 aliphatic rings. The van der Waals surface area contributed by atoms with E-state index in [2.05, 4.69) is 31.2 Å². The Morgan fingerprint density at radius 1 is 1.06 bits per heavy atom. The standard InChI is InChI=1S/C24H22F2N6O2/c25-16-2-1-3-17(26)20(16)22-31-18-12-28-24(34)21(18)23(32-22)30-14-6-4-13(5-7-14)10-19(33)29-15-8-9-27-11-15/h1-7,15,27H,8-12H2,(H,28,34)(H,29,33)(H,30,31,32)/t15-/m1/s1. The molecule has 1 aromatic heterocycles. The van der Waals surface area contributed by atoms with Crippen molar-refractivity contribution in [2.24, 2.45) is 0 Å². The molecule has 4 N–H and O–H groups in total. The average Bonchev–Trinajstić information content (AvgIpc) is 3.45. The van der Waals surface area contributed by atoms with Crippen LogP contribution in [0.1, 0.15) is 28.0 Å². The lowest BCUT2D eigenvalue weighted by molar-refractivity contribution is -0.121. The molecule has 2 aromatic carbocycles.